The highest BCUT2D eigenvalue weighted by Gasteiger charge is 2.33. The predicted octanol–water partition coefficient (Wildman–Crippen LogP) is 3.75. The standard InChI is InChI=1S/C16H13F3N2O3/c1-24-14-13(15(22)23)20-11(12(21-14)8-2-3-8)9-4-6-10(7-5-9)16(17,18)19/h4-8H,2-3H2,1H3,(H,22,23). The number of hydrogen-bond donors (Lipinski definition) is 1. The summed E-state index contributed by atoms with van der Waals surface area (Å²) in [4.78, 5) is 19.6. The van der Waals surface area contributed by atoms with Gasteiger partial charge >= 0.3 is 12.1 Å². The Kier molecular flexibility index (Phi) is 3.90. The first-order chi connectivity index (χ1) is 11.3. The SMILES string of the molecule is COc1nc(C2CC2)c(-c2ccc(C(F)(F)F)cc2)nc1C(=O)O. The van der Waals surface area contributed by atoms with Crippen molar-refractivity contribution in [1.29, 1.82) is 0 Å². The van der Waals surface area contributed by atoms with Crippen LogP contribution >= 0.6 is 0 Å². The van der Waals surface area contributed by atoms with E-state index in [0.29, 0.717) is 11.3 Å². The summed E-state index contributed by atoms with van der Waals surface area (Å²) >= 11 is 0. The van der Waals surface area contributed by atoms with E-state index in [1.165, 1.54) is 19.2 Å². The zero-order valence-electron chi connectivity index (χ0n) is 12.6. The molecule has 3 rings (SSSR count). The summed E-state index contributed by atoms with van der Waals surface area (Å²) in [6.07, 6.45) is -2.69. The molecule has 24 heavy (non-hydrogen) atoms. The molecule has 0 unspecified atom stereocenters. The lowest BCUT2D eigenvalue weighted by molar-refractivity contribution is -0.137. The van der Waals surface area contributed by atoms with E-state index < -0.39 is 17.7 Å². The van der Waals surface area contributed by atoms with Crippen LogP contribution in [0.2, 0.25) is 0 Å². The highest BCUT2D eigenvalue weighted by molar-refractivity contribution is 5.89. The fourth-order valence-corrected chi connectivity index (χ4v) is 2.38. The number of carboxylic acids is 1. The van der Waals surface area contributed by atoms with Crippen molar-refractivity contribution in [3.05, 3.63) is 41.2 Å². The molecule has 1 aromatic heterocycles. The minimum absolute atomic E-state index is 0.0972. The normalized spacial score (nSPS) is 14.5. The summed E-state index contributed by atoms with van der Waals surface area (Å²) in [5, 5.41) is 9.23. The fraction of sp³-hybridized carbons (Fsp3) is 0.312. The summed E-state index contributed by atoms with van der Waals surface area (Å²) in [6.45, 7) is 0. The minimum atomic E-state index is -4.43. The largest absolute Gasteiger partial charge is 0.479 e. The van der Waals surface area contributed by atoms with Crippen LogP contribution in [0.5, 0.6) is 5.88 Å². The summed E-state index contributed by atoms with van der Waals surface area (Å²) in [7, 11) is 1.30. The summed E-state index contributed by atoms with van der Waals surface area (Å²) in [5.74, 6) is -1.29. The zero-order valence-corrected chi connectivity index (χ0v) is 12.6. The number of methoxy groups -OCH3 is 1. The second kappa shape index (κ2) is 5.77. The maximum atomic E-state index is 12.7. The van der Waals surface area contributed by atoms with Gasteiger partial charge in [-0.25, -0.2) is 14.8 Å². The first-order valence-electron chi connectivity index (χ1n) is 7.18. The van der Waals surface area contributed by atoms with Gasteiger partial charge in [0.2, 0.25) is 11.6 Å². The summed E-state index contributed by atoms with van der Waals surface area (Å²) < 4.78 is 43.0. The average Bonchev–Trinajstić information content (AvgIpc) is 3.37. The van der Waals surface area contributed by atoms with E-state index in [-0.39, 0.29) is 23.2 Å². The van der Waals surface area contributed by atoms with Crippen LogP contribution < -0.4 is 4.74 Å². The third kappa shape index (κ3) is 3.04. The highest BCUT2D eigenvalue weighted by Crippen LogP contribution is 2.44. The molecule has 0 aliphatic heterocycles. The Labute approximate surface area is 135 Å². The Hall–Kier alpha value is -2.64. The van der Waals surface area contributed by atoms with Crippen LogP contribution in [-0.2, 0) is 6.18 Å². The van der Waals surface area contributed by atoms with Crippen LogP contribution in [0.3, 0.4) is 0 Å². The van der Waals surface area contributed by atoms with E-state index in [1.54, 1.807) is 0 Å². The molecule has 1 N–H and O–H groups in total. The molecule has 0 bridgehead atoms. The van der Waals surface area contributed by atoms with Gasteiger partial charge in [-0.05, 0) is 25.0 Å². The topological polar surface area (TPSA) is 72.3 Å². The van der Waals surface area contributed by atoms with Crippen molar-refractivity contribution in [2.75, 3.05) is 7.11 Å². The summed E-state index contributed by atoms with van der Waals surface area (Å²) in [6, 6.07) is 4.43. The Bertz CT molecular complexity index is 784. The van der Waals surface area contributed by atoms with Crippen molar-refractivity contribution in [3.8, 4) is 17.1 Å². The molecule has 8 heteroatoms. The fourth-order valence-electron chi connectivity index (χ4n) is 2.38. The molecule has 2 aromatic rings. The number of aromatic carboxylic acids is 1. The van der Waals surface area contributed by atoms with Gasteiger partial charge in [-0.2, -0.15) is 13.2 Å². The van der Waals surface area contributed by atoms with Crippen LogP contribution in [0, 0.1) is 0 Å². The zero-order chi connectivity index (χ0) is 17.5. The molecule has 5 nitrogen and oxygen atoms in total. The number of benzene rings is 1. The van der Waals surface area contributed by atoms with Crippen molar-refractivity contribution < 1.29 is 27.8 Å². The van der Waals surface area contributed by atoms with Crippen molar-refractivity contribution in [1.82, 2.24) is 9.97 Å². The number of halogens is 3. The molecule has 0 amide bonds. The third-order valence-electron chi connectivity index (χ3n) is 3.74. The molecule has 1 aliphatic carbocycles. The molecule has 1 fully saturated rings. The van der Waals surface area contributed by atoms with E-state index in [2.05, 4.69) is 9.97 Å². The number of rotatable bonds is 4. The van der Waals surface area contributed by atoms with Crippen LogP contribution in [0.4, 0.5) is 13.2 Å². The van der Waals surface area contributed by atoms with Crippen molar-refractivity contribution in [3.63, 3.8) is 0 Å². The molecular weight excluding hydrogens is 325 g/mol. The smallest absolute Gasteiger partial charge is 0.416 e. The predicted molar refractivity (Wildman–Crippen MR) is 78.0 cm³/mol. The molecule has 1 aromatic carbocycles. The summed E-state index contributed by atoms with van der Waals surface area (Å²) in [5.41, 5.74) is 0.0829. The van der Waals surface area contributed by atoms with Crippen molar-refractivity contribution in [2.24, 2.45) is 0 Å². The molecule has 1 heterocycles. The molecule has 0 spiro atoms. The van der Waals surface area contributed by atoms with E-state index in [1.807, 2.05) is 0 Å². The number of nitrogens with zero attached hydrogens (tertiary/aromatic N) is 2. The molecule has 0 radical (unpaired) electrons. The molecule has 1 saturated carbocycles. The van der Waals surface area contributed by atoms with E-state index >= 15 is 0 Å². The molecular formula is C16H13F3N2O3. The van der Waals surface area contributed by atoms with Gasteiger partial charge in [-0.15, -0.1) is 0 Å². The Morgan fingerprint density at radius 3 is 2.29 bits per heavy atom. The Morgan fingerprint density at radius 1 is 1.21 bits per heavy atom. The van der Waals surface area contributed by atoms with Crippen molar-refractivity contribution >= 4 is 5.97 Å². The number of aromatic nitrogens is 2. The van der Waals surface area contributed by atoms with Gasteiger partial charge in [0, 0.05) is 11.5 Å². The number of carboxylic acid groups (broad SMARTS) is 1. The highest BCUT2D eigenvalue weighted by atomic mass is 19.4. The monoisotopic (exact) mass is 338 g/mol. The minimum Gasteiger partial charge on any atom is -0.479 e. The van der Waals surface area contributed by atoms with Gasteiger partial charge in [-0.1, -0.05) is 12.1 Å². The van der Waals surface area contributed by atoms with Gasteiger partial charge in [0.05, 0.1) is 24.1 Å². The van der Waals surface area contributed by atoms with Gasteiger partial charge in [0.15, 0.2) is 0 Å². The first-order valence-corrected chi connectivity index (χ1v) is 7.18. The number of carbonyl (C=O) groups is 1. The van der Waals surface area contributed by atoms with Crippen LogP contribution in [-0.4, -0.2) is 28.2 Å². The van der Waals surface area contributed by atoms with Gasteiger partial charge in [0.1, 0.15) is 0 Å². The van der Waals surface area contributed by atoms with Crippen LogP contribution in [0.1, 0.15) is 40.5 Å². The lowest BCUT2D eigenvalue weighted by atomic mass is 10.0. The molecule has 0 saturated heterocycles. The Balaban J connectivity index is 2.12. The third-order valence-corrected chi connectivity index (χ3v) is 3.74. The lowest BCUT2D eigenvalue weighted by Gasteiger charge is -2.12. The van der Waals surface area contributed by atoms with E-state index in [0.717, 1.165) is 25.0 Å². The van der Waals surface area contributed by atoms with E-state index in [4.69, 9.17) is 4.74 Å². The number of ether oxygens (including phenoxy) is 1. The van der Waals surface area contributed by atoms with Gasteiger partial charge < -0.3 is 9.84 Å². The Morgan fingerprint density at radius 2 is 1.83 bits per heavy atom. The van der Waals surface area contributed by atoms with Gasteiger partial charge in [0.25, 0.3) is 0 Å². The van der Waals surface area contributed by atoms with E-state index in [9.17, 15) is 23.1 Å². The lowest BCUT2D eigenvalue weighted by Crippen LogP contribution is -2.10. The second-order valence-electron chi connectivity index (χ2n) is 5.47. The second-order valence-corrected chi connectivity index (χ2v) is 5.47. The maximum absolute atomic E-state index is 12.7. The van der Waals surface area contributed by atoms with Gasteiger partial charge in [-0.3, -0.25) is 0 Å². The quantitative estimate of drug-likeness (QED) is 0.919. The molecule has 126 valence electrons. The molecule has 0 atom stereocenters. The van der Waals surface area contributed by atoms with Crippen LogP contribution in [0.25, 0.3) is 11.3 Å². The molecule has 1 aliphatic rings. The van der Waals surface area contributed by atoms with Crippen LogP contribution in [0.15, 0.2) is 24.3 Å². The van der Waals surface area contributed by atoms with Crippen molar-refractivity contribution in [2.45, 2.75) is 24.9 Å². The average molecular weight is 338 g/mol. The number of hydrogen-bond acceptors (Lipinski definition) is 4. The maximum Gasteiger partial charge on any atom is 0.416 e. The number of alkyl halides is 3. The first kappa shape index (κ1) is 16.2.